The molecule has 0 saturated carbocycles. The standard InChI is InChI=1S/C20H18N2O6S/c1-27-19(23)16-10-6-7-11-17(16)29(25,26)13-14-12-22(15-8-4-3-5-9-15)21-18(14)20(24)28-2/h3-12H,13H2,1-2H3. The molecule has 0 N–H and O–H groups in total. The topological polar surface area (TPSA) is 105 Å². The maximum atomic E-state index is 13.1. The second-order valence-electron chi connectivity index (χ2n) is 6.02. The fourth-order valence-corrected chi connectivity index (χ4v) is 4.34. The minimum Gasteiger partial charge on any atom is -0.465 e. The molecule has 3 rings (SSSR count). The number of nitrogens with zero attached hydrogens (tertiary/aromatic N) is 2. The van der Waals surface area contributed by atoms with Gasteiger partial charge in [0.2, 0.25) is 0 Å². The summed E-state index contributed by atoms with van der Waals surface area (Å²) < 4.78 is 36.9. The van der Waals surface area contributed by atoms with E-state index in [1.54, 1.807) is 30.3 Å². The Bertz CT molecular complexity index is 1150. The van der Waals surface area contributed by atoms with E-state index in [0.717, 1.165) is 0 Å². The van der Waals surface area contributed by atoms with Gasteiger partial charge in [-0.05, 0) is 24.3 Å². The molecule has 0 unspecified atom stereocenters. The Morgan fingerprint density at radius 2 is 1.55 bits per heavy atom. The Kier molecular flexibility index (Phi) is 5.79. The van der Waals surface area contributed by atoms with Crippen molar-refractivity contribution in [3.63, 3.8) is 0 Å². The zero-order valence-electron chi connectivity index (χ0n) is 15.7. The fourth-order valence-electron chi connectivity index (χ4n) is 2.80. The van der Waals surface area contributed by atoms with Gasteiger partial charge in [0.05, 0.1) is 36.1 Å². The lowest BCUT2D eigenvalue weighted by atomic mass is 10.2. The van der Waals surface area contributed by atoms with Crippen LogP contribution in [-0.4, -0.2) is 44.4 Å². The summed E-state index contributed by atoms with van der Waals surface area (Å²) in [6.07, 6.45) is 1.46. The van der Waals surface area contributed by atoms with Crippen molar-refractivity contribution in [1.82, 2.24) is 9.78 Å². The first-order valence-corrected chi connectivity index (χ1v) is 10.1. The Hall–Kier alpha value is -3.46. The van der Waals surface area contributed by atoms with Gasteiger partial charge in [-0.1, -0.05) is 30.3 Å². The van der Waals surface area contributed by atoms with E-state index in [2.05, 4.69) is 9.84 Å². The number of ether oxygens (including phenoxy) is 2. The van der Waals surface area contributed by atoms with E-state index in [1.165, 1.54) is 43.3 Å². The number of aromatic nitrogens is 2. The number of carbonyl (C=O) groups is 2. The van der Waals surface area contributed by atoms with Gasteiger partial charge in [-0.25, -0.2) is 22.7 Å². The van der Waals surface area contributed by atoms with Gasteiger partial charge >= 0.3 is 11.9 Å². The molecule has 1 heterocycles. The van der Waals surface area contributed by atoms with Crippen LogP contribution in [-0.2, 0) is 25.1 Å². The molecule has 150 valence electrons. The Morgan fingerprint density at radius 1 is 0.931 bits per heavy atom. The molecule has 0 radical (unpaired) electrons. The average Bonchev–Trinajstić information content (AvgIpc) is 3.16. The van der Waals surface area contributed by atoms with Crippen molar-refractivity contribution in [2.75, 3.05) is 14.2 Å². The summed E-state index contributed by atoms with van der Waals surface area (Å²) in [4.78, 5) is 23.9. The molecule has 2 aromatic carbocycles. The molecule has 1 aromatic heterocycles. The molecule has 0 aliphatic carbocycles. The second kappa shape index (κ2) is 8.27. The molecular formula is C20H18N2O6S. The van der Waals surface area contributed by atoms with Crippen molar-refractivity contribution >= 4 is 21.8 Å². The first-order valence-electron chi connectivity index (χ1n) is 8.49. The summed E-state index contributed by atoms with van der Waals surface area (Å²) in [6.45, 7) is 0. The Morgan fingerprint density at radius 3 is 2.21 bits per heavy atom. The van der Waals surface area contributed by atoms with Crippen molar-refractivity contribution in [2.24, 2.45) is 0 Å². The van der Waals surface area contributed by atoms with Gasteiger partial charge in [-0.15, -0.1) is 0 Å². The first-order chi connectivity index (χ1) is 13.9. The van der Waals surface area contributed by atoms with E-state index in [4.69, 9.17) is 4.74 Å². The number of esters is 2. The highest BCUT2D eigenvalue weighted by Gasteiger charge is 2.27. The van der Waals surface area contributed by atoms with E-state index < -0.39 is 27.5 Å². The number of hydrogen-bond donors (Lipinski definition) is 0. The maximum absolute atomic E-state index is 13.1. The van der Waals surface area contributed by atoms with Crippen LogP contribution >= 0.6 is 0 Å². The highest BCUT2D eigenvalue weighted by molar-refractivity contribution is 7.90. The number of rotatable bonds is 6. The average molecular weight is 414 g/mol. The molecule has 8 nitrogen and oxygen atoms in total. The monoisotopic (exact) mass is 414 g/mol. The van der Waals surface area contributed by atoms with E-state index in [1.807, 2.05) is 6.07 Å². The summed E-state index contributed by atoms with van der Waals surface area (Å²) in [7, 11) is -1.63. The molecule has 9 heteroatoms. The predicted molar refractivity (Wildman–Crippen MR) is 104 cm³/mol. The van der Waals surface area contributed by atoms with E-state index in [-0.39, 0.29) is 21.7 Å². The lowest BCUT2D eigenvalue weighted by molar-refractivity contribution is 0.0585. The normalized spacial score (nSPS) is 11.1. The number of sulfone groups is 1. The van der Waals surface area contributed by atoms with Gasteiger partial charge in [-0.2, -0.15) is 5.10 Å². The molecule has 0 saturated heterocycles. The largest absolute Gasteiger partial charge is 0.465 e. The summed E-state index contributed by atoms with van der Waals surface area (Å²) in [5.41, 5.74) is 0.609. The van der Waals surface area contributed by atoms with Crippen LogP contribution in [0.2, 0.25) is 0 Å². The molecule has 29 heavy (non-hydrogen) atoms. The van der Waals surface area contributed by atoms with Crippen LogP contribution in [0.15, 0.2) is 65.7 Å². The zero-order chi connectivity index (χ0) is 21.0. The number of hydrogen-bond acceptors (Lipinski definition) is 7. The quantitative estimate of drug-likeness (QED) is 0.571. The van der Waals surface area contributed by atoms with Crippen LogP contribution in [0.25, 0.3) is 5.69 Å². The predicted octanol–water partition coefficient (Wildman–Crippen LogP) is 2.42. The number of methoxy groups -OCH3 is 2. The Labute approximate surface area is 167 Å². The molecule has 0 amide bonds. The van der Waals surface area contributed by atoms with Crippen molar-refractivity contribution < 1.29 is 27.5 Å². The smallest absolute Gasteiger partial charge is 0.358 e. The third kappa shape index (κ3) is 4.19. The summed E-state index contributed by atoms with van der Waals surface area (Å²) in [5, 5.41) is 4.19. The van der Waals surface area contributed by atoms with Crippen LogP contribution in [0.3, 0.4) is 0 Å². The SMILES string of the molecule is COC(=O)c1ccccc1S(=O)(=O)Cc1cn(-c2ccccc2)nc1C(=O)OC. The van der Waals surface area contributed by atoms with E-state index in [0.29, 0.717) is 5.69 Å². The highest BCUT2D eigenvalue weighted by atomic mass is 32.2. The lowest BCUT2D eigenvalue weighted by Gasteiger charge is -2.09. The molecule has 0 aliphatic heterocycles. The van der Waals surface area contributed by atoms with Gasteiger partial charge in [0.25, 0.3) is 0 Å². The highest BCUT2D eigenvalue weighted by Crippen LogP contribution is 2.24. The summed E-state index contributed by atoms with van der Waals surface area (Å²) >= 11 is 0. The van der Waals surface area contributed by atoms with Crippen LogP contribution in [0.1, 0.15) is 26.4 Å². The lowest BCUT2D eigenvalue weighted by Crippen LogP contribution is -2.14. The summed E-state index contributed by atoms with van der Waals surface area (Å²) in [5.74, 6) is -2.07. The van der Waals surface area contributed by atoms with Gasteiger partial charge in [0.15, 0.2) is 15.5 Å². The molecule has 0 fully saturated rings. The van der Waals surface area contributed by atoms with Crippen LogP contribution in [0.4, 0.5) is 0 Å². The maximum Gasteiger partial charge on any atom is 0.358 e. The fraction of sp³-hybridized carbons (Fsp3) is 0.150. The molecule has 0 bridgehead atoms. The molecule has 3 aromatic rings. The number of para-hydroxylation sites is 1. The van der Waals surface area contributed by atoms with Crippen molar-refractivity contribution in [1.29, 1.82) is 0 Å². The zero-order valence-corrected chi connectivity index (χ0v) is 16.5. The van der Waals surface area contributed by atoms with Gasteiger partial charge in [0.1, 0.15) is 0 Å². The van der Waals surface area contributed by atoms with Gasteiger partial charge < -0.3 is 9.47 Å². The number of carbonyl (C=O) groups excluding carboxylic acids is 2. The minimum atomic E-state index is -3.99. The third-order valence-corrected chi connectivity index (χ3v) is 5.88. The minimum absolute atomic E-state index is 0.0786. The molecule has 0 aliphatic rings. The van der Waals surface area contributed by atoms with Gasteiger partial charge in [0, 0.05) is 11.8 Å². The first kappa shape index (κ1) is 20.3. The van der Waals surface area contributed by atoms with Crippen molar-refractivity contribution in [3.8, 4) is 5.69 Å². The Balaban J connectivity index is 2.07. The second-order valence-corrected chi connectivity index (χ2v) is 7.98. The van der Waals surface area contributed by atoms with Crippen LogP contribution in [0, 0.1) is 0 Å². The van der Waals surface area contributed by atoms with Crippen LogP contribution in [0.5, 0.6) is 0 Å². The van der Waals surface area contributed by atoms with Crippen molar-refractivity contribution in [3.05, 3.63) is 77.6 Å². The number of benzene rings is 2. The van der Waals surface area contributed by atoms with E-state index in [9.17, 15) is 18.0 Å². The van der Waals surface area contributed by atoms with Gasteiger partial charge in [-0.3, -0.25) is 0 Å². The molecular weight excluding hydrogens is 396 g/mol. The molecule has 0 atom stereocenters. The third-order valence-electron chi connectivity index (χ3n) is 4.16. The summed E-state index contributed by atoms with van der Waals surface area (Å²) in [6, 6.07) is 14.7. The van der Waals surface area contributed by atoms with Crippen LogP contribution < -0.4 is 0 Å². The van der Waals surface area contributed by atoms with Crippen molar-refractivity contribution in [2.45, 2.75) is 10.6 Å². The molecule has 0 spiro atoms. The van der Waals surface area contributed by atoms with E-state index >= 15 is 0 Å².